The second kappa shape index (κ2) is 5.36. The minimum atomic E-state index is 0.279. The van der Waals surface area contributed by atoms with Gasteiger partial charge in [0.05, 0.1) is 11.1 Å². The number of anilines is 1. The first kappa shape index (κ1) is 12.7. The molecule has 1 N–H and O–H groups in total. The number of ether oxygens (including phenoxy) is 1. The molecule has 2 fully saturated rings. The molecule has 0 unspecified atom stereocenters. The average Bonchev–Trinajstić information content (AvgIpc) is 2.90. The molecule has 1 aromatic heterocycles. The molecule has 5 heteroatoms. The van der Waals surface area contributed by atoms with E-state index in [9.17, 15) is 0 Å². The largest absolute Gasteiger partial charge is 0.378 e. The van der Waals surface area contributed by atoms with Crippen molar-refractivity contribution in [1.29, 1.82) is 5.26 Å². The predicted molar refractivity (Wildman–Crippen MR) is 73.1 cm³/mol. The van der Waals surface area contributed by atoms with Crippen molar-refractivity contribution in [2.75, 3.05) is 11.9 Å². The molecule has 3 rings (SSSR count). The van der Waals surface area contributed by atoms with Crippen LogP contribution in [0, 0.1) is 17.2 Å². The van der Waals surface area contributed by atoms with Crippen molar-refractivity contribution in [3.63, 3.8) is 0 Å². The number of fused-ring (bicyclic) bond motifs is 1. The van der Waals surface area contributed by atoms with Crippen molar-refractivity contribution in [1.82, 2.24) is 4.98 Å². The molecule has 4 nitrogen and oxygen atoms in total. The van der Waals surface area contributed by atoms with Crippen molar-refractivity contribution < 1.29 is 4.74 Å². The fourth-order valence-corrected chi connectivity index (χ4v) is 3.29. The zero-order chi connectivity index (χ0) is 13.2. The number of hydrogen-bond donors (Lipinski definition) is 1. The molecular weight excluding hydrogens is 262 g/mol. The molecule has 1 aliphatic carbocycles. The Labute approximate surface area is 117 Å². The number of nitrogens with zero attached hydrogens (tertiary/aromatic N) is 2. The third-order valence-corrected chi connectivity index (χ3v) is 4.37. The first-order chi connectivity index (χ1) is 9.28. The quantitative estimate of drug-likeness (QED) is 0.903. The van der Waals surface area contributed by atoms with Gasteiger partial charge in [-0.2, -0.15) is 5.26 Å². The Morgan fingerprint density at radius 3 is 3.11 bits per heavy atom. The smallest absolute Gasteiger partial charge is 0.161 e. The lowest BCUT2D eigenvalue weighted by atomic mass is 9.82. The second-order valence-electron chi connectivity index (χ2n) is 5.18. The van der Waals surface area contributed by atoms with Gasteiger partial charge in [0.15, 0.2) is 5.69 Å². The van der Waals surface area contributed by atoms with Crippen LogP contribution in [0.4, 0.5) is 5.82 Å². The maximum absolute atomic E-state index is 8.95. The molecular formula is C14H16ClN3O. The van der Waals surface area contributed by atoms with E-state index in [0.717, 1.165) is 25.3 Å². The van der Waals surface area contributed by atoms with Gasteiger partial charge in [-0.15, -0.1) is 0 Å². The lowest BCUT2D eigenvalue weighted by Gasteiger charge is -2.33. The first-order valence-corrected chi connectivity index (χ1v) is 7.10. The number of pyridine rings is 1. The molecule has 1 saturated carbocycles. The zero-order valence-electron chi connectivity index (χ0n) is 10.6. The highest BCUT2D eigenvalue weighted by Crippen LogP contribution is 2.35. The van der Waals surface area contributed by atoms with Gasteiger partial charge in [-0.3, -0.25) is 0 Å². The molecule has 1 aromatic rings. The molecule has 0 radical (unpaired) electrons. The van der Waals surface area contributed by atoms with E-state index in [2.05, 4.69) is 10.3 Å². The molecule has 0 aromatic carbocycles. The number of aromatic nitrogens is 1. The Hall–Kier alpha value is -1.31. The van der Waals surface area contributed by atoms with Gasteiger partial charge in [0, 0.05) is 18.6 Å². The van der Waals surface area contributed by atoms with E-state index >= 15 is 0 Å². The van der Waals surface area contributed by atoms with Crippen LogP contribution in [0.1, 0.15) is 31.4 Å². The molecule has 0 spiro atoms. The van der Waals surface area contributed by atoms with Crippen molar-refractivity contribution >= 4 is 17.4 Å². The fraction of sp³-hybridized carbons (Fsp3) is 0.571. The van der Waals surface area contributed by atoms with Crippen LogP contribution in [0.5, 0.6) is 0 Å². The predicted octanol–water partition coefficient (Wildman–Crippen LogP) is 2.98. The van der Waals surface area contributed by atoms with E-state index < -0.39 is 0 Å². The highest BCUT2D eigenvalue weighted by molar-refractivity contribution is 6.31. The Morgan fingerprint density at radius 2 is 2.26 bits per heavy atom. The monoisotopic (exact) mass is 277 g/mol. The normalized spacial score (nSPS) is 29.6. The van der Waals surface area contributed by atoms with Crippen LogP contribution < -0.4 is 5.32 Å². The van der Waals surface area contributed by atoms with Gasteiger partial charge >= 0.3 is 0 Å². The van der Waals surface area contributed by atoms with Gasteiger partial charge in [0.1, 0.15) is 11.9 Å². The molecule has 2 heterocycles. The third-order valence-electron chi connectivity index (χ3n) is 4.07. The number of halogens is 1. The van der Waals surface area contributed by atoms with Gasteiger partial charge in [0.2, 0.25) is 0 Å². The first-order valence-electron chi connectivity index (χ1n) is 6.72. The van der Waals surface area contributed by atoms with Crippen LogP contribution >= 0.6 is 11.6 Å². The van der Waals surface area contributed by atoms with Gasteiger partial charge in [-0.05, 0) is 37.8 Å². The SMILES string of the molecule is N#Cc1nc(N[C@@H]2CCC[C@@H]3OCC[C@@H]32)ccc1Cl. The molecule has 0 amide bonds. The van der Waals surface area contributed by atoms with Gasteiger partial charge in [-0.1, -0.05) is 11.6 Å². The Morgan fingerprint density at radius 1 is 1.37 bits per heavy atom. The van der Waals surface area contributed by atoms with Crippen LogP contribution in [-0.4, -0.2) is 23.7 Å². The van der Waals surface area contributed by atoms with Crippen LogP contribution in [0.3, 0.4) is 0 Å². The summed E-state index contributed by atoms with van der Waals surface area (Å²) < 4.78 is 5.75. The number of nitrogens with one attached hydrogen (secondary N) is 1. The lowest BCUT2D eigenvalue weighted by molar-refractivity contribution is 0.0619. The third kappa shape index (κ3) is 2.54. The van der Waals surface area contributed by atoms with Crippen LogP contribution in [0.15, 0.2) is 12.1 Å². The molecule has 2 aliphatic rings. The summed E-state index contributed by atoms with van der Waals surface area (Å²) in [6, 6.07) is 5.96. The van der Waals surface area contributed by atoms with Crippen LogP contribution in [0.25, 0.3) is 0 Å². The highest BCUT2D eigenvalue weighted by atomic mass is 35.5. The Kier molecular flexibility index (Phi) is 3.58. The fourth-order valence-electron chi connectivity index (χ4n) is 3.15. The number of hydrogen-bond acceptors (Lipinski definition) is 4. The summed E-state index contributed by atoms with van der Waals surface area (Å²) in [7, 11) is 0. The molecule has 100 valence electrons. The average molecular weight is 278 g/mol. The summed E-state index contributed by atoms with van der Waals surface area (Å²) in [6.45, 7) is 0.866. The van der Waals surface area contributed by atoms with E-state index in [1.54, 1.807) is 6.07 Å². The van der Waals surface area contributed by atoms with Gasteiger partial charge in [0.25, 0.3) is 0 Å². The summed E-state index contributed by atoms with van der Waals surface area (Å²) in [5.74, 6) is 1.30. The molecule has 1 aliphatic heterocycles. The van der Waals surface area contributed by atoms with Crippen molar-refractivity contribution in [2.45, 2.75) is 37.8 Å². The van der Waals surface area contributed by atoms with Crippen molar-refractivity contribution in [3.05, 3.63) is 22.8 Å². The maximum atomic E-state index is 8.95. The Balaban J connectivity index is 1.75. The molecule has 3 atom stereocenters. The van der Waals surface area contributed by atoms with Crippen LogP contribution in [0.2, 0.25) is 5.02 Å². The summed E-state index contributed by atoms with van der Waals surface area (Å²) in [4.78, 5) is 4.25. The highest BCUT2D eigenvalue weighted by Gasteiger charge is 2.37. The minimum Gasteiger partial charge on any atom is -0.378 e. The van der Waals surface area contributed by atoms with E-state index in [0.29, 0.717) is 23.1 Å². The van der Waals surface area contributed by atoms with Crippen LogP contribution in [-0.2, 0) is 4.74 Å². The van der Waals surface area contributed by atoms with E-state index in [1.807, 2.05) is 12.1 Å². The lowest BCUT2D eigenvalue weighted by Crippen LogP contribution is -2.38. The number of rotatable bonds is 2. The standard InChI is InChI=1S/C14H16ClN3O/c15-10-4-5-14(18-12(10)8-16)17-11-2-1-3-13-9(11)6-7-19-13/h4-5,9,11,13H,1-3,6-7H2,(H,17,18)/t9-,11-,13+/m1/s1. The van der Waals surface area contributed by atoms with E-state index in [-0.39, 0.29) is 5.69 Å². The van der Waals surface area contributed by atoms with Crippen molar-refractivity contribution in [2.24, 2.45) is 5.92 Å². The second-order valence-corrected chi connectivity index (χ2v) is 5.59. The van der Waals surface area contributed by atoms with Gasteiger partial charge in [-0.25, -0.2) is 4.98 Å². The number of nitriles is 1. The van der Waals surface area contributed by atoms with Gasteiger partial charge < -0.3 is 10.1 Å². The minimum absolute atomic E-state index is 0.279. The summed E-state index contributed by atoms with van der Waals surface area (Å²) in [5, 5.41) is 12.8. The van der Waals surface area contributed by atoms with E-state index in [1.165, 1.54) is 12.8 Å². The Bertz CT molecular complexity index is 514. The molecule has 1 saturated heterocycles. The molecule has 0 bridgehead atoms. The topological polar surface area (TPSA) is 57.9 Å². The summed E-state index contributed by atoms with van der Waals surface area (Å²) in [6.07, 6.45) is 4.99. The maximum Gasteiger partial charge on any atom is 0.161 e. The summed E-state index contributed by atoms with van der Waals surface area (Å²) >= 11 is 5.90. The molecule has 19 heavy (non-hydrogen) atoms. The zero-order valence-corrected chi connectivity index (χ0v) is 11.4. The van der Waals surface area contributed by atoms with Crippen molar-refractivity contribution in [3.8, 4) is 6.07 Å². The summed E-state index contributed by atoms with van der Waals surface area (Å²) in [5.41, 5.74) is 0.279. The van der Waals surface area contributed by atoms with E-state index in [4.69, 9.17) is 21.6 Å².